The minimum atomic E-state index is -3.63. The maximum atomic E-state index is 12.3. The van der Waals surface area contributed by atoms with Crippen LogP contribution in [-0.4, -0.2) is 37.7 Å². The quantitative estimate of drug-likeness (QED) is 0.809. The lowest BCUT2D eigenvalue weighted by molar-refractivity contribution is 0.0950. The van der Waals surface area contributed by atoms with Crippen molar-refractivity contribution in [2.24, 2.45) is 0 Å². The smallest absolute Gasteiger partial charge is 0.251 e. The molecule has 124 valence electrons. The number of aryl methyl sites for hydroxylation is 1. The first kappa shape index (κ1) is 18.1. The highest BCUT2D eigenvalue weighted by molar-refractivity contribution is 9.10. The molecule has 0 radical (unpaired) electrons. The van der Waals surface area contributed by atoms with Gasteiger partial charge in [0, 0.05) is 35.2 Å². The summed E-state index contributed by atoms with van der Waals surface area (Å²) < 4.78 is 26.1. The van der Waals surface area contributed by atoms with Crippen molar-refractivity contribution in [3.05, 3.63) is 44.3 Å². The molecular weight excluding hydrogens is 402 g/mol. The van der Waals surface area contributed by atoms with Gasteiger partial charge in [-0.1, -0.05) is 0 Å². The second-order valence-corrected chi connectivity index (χ2v) is 8.92. The molecule has 0 atom stereocenters. The van der Waals surface area contributed by atoms with Crippen molar-refractivity contribution in [2.45, 2.75) is 18.4 Å². The minimum Gasteiger partial charge on any atom is -0.346 e. The van der Waals surface area contributed by atoms with E-state index in [2.05, 4.69) is 26.2 Å². The number of carbonyl (C=O) groups is 1. The van der Waals surface area contributed by atoms with Crippen LogP contribution in [0.4, 0.5) is 0 Å². The van der Waals surface area contributed by atoms with Crippen LogP contribution in [0.15, 0.2) is 32.9 Å². The molecule has 1 aromatic carbocycles. The Labute approximate surface area is 147 Å². The number of hydrogen-bond donors (Lipinski definition) is 1. The minimum absolute atomic E-state index is 0.0558. The Kier molecular flexibility index (Phi) is 5.56. The summed E-state index contributed by atoms with van der Waals surface area (Å²) in [7, 11) is -0.744. The van der Waals surface area contributed by atoms with E-state index in [4.69, 9.17) is 0 Å². The second kappa shape index (κ2) is 7.08. The number of aromatic nitrogens is 1. The van der Waals surface area contributed by atoms with Crippen LogP contribution < -0.4 is 5.32 Å². The molecule has 0 aliphatic carbocycles. The zero-order valence-electron chi connectivity index (χ0n) is 12.8. The van der Waals surface area contributed by atoms with Crippen molar-refractivity contribution < 1.29 is 13.2 Å². The molecular formula is C14H16BrN3O3S2. The van der Waals surface area contributed by atoms with Gasteiger partial charge in [0.1, 0.15) is 5.01 Å². The van der Waals surface area contributed by atoms with Gasteiger partial charge in [-0.25, -0.2) is 17.7 Å². The lowest BCUT2D eigenvalue weighted by atomic mass is 10.2. The highest BCUT2D eigenvalue weighted by Crippen LogP contribution is 2.25. The summed E-state index contributed by atoms with van der Waals surface area (Å²) in [6.45, 7) is 2.19. The Balaban J connectivity index is 2.21. The molecule has 0 aliphatic heterocycles. The van der Waals surface area contributed by atoms with E-state index in [-0.39, 0.29) is 16.4 Å². The summed E-state index contributed by atoms with van der Waals surface area (Å²) in [4.78, 5) is 16.5. The first-order chi connectivity index (χ1) is 10.7. The zero-order chi connectivity index (χ0) is 17.2. The number of rotatable bonds is 5. The number of halogens is 1. The molecule has 0 bridgehead atoms. The summed E-state index contributed by atoms with van der Waals surface area (Å²) in [6, 6.07) is 4.49. The van der Waals surface area contributed by atoms with Crippen LogP contribution in [0.25, 0.3) is 0 Å². The Hall–Kier alpha value is -1.29. The van der Waals surface area contributed by atoms with Crippen LogP contribution in [0.3, 0.4) is 0 Å². The molecule has 1 heterocycles. The molecule has 23 heavy (non-hydrogen) atoms. The molecule has 1 amide bonds. The maximum Gasteiger partial charge on any atom is 0.251 e. The predicted molar refractivity (Wildman–Crippen MR) is 93.0 cm³/mol. The molecule has 0 unspecified atom stereocenters. The highest BCUT2D eigenvalue weighted by Gasteiger charge is 2.22. The van der Waals surface area contributed by atoms with E-state index < -0.39 is 10.0 Å². The fourth-order valence-corrected chi connectivity index (χ4v) is 4.34. The predicted octanol–water partition coefficient (Wildman–Crippen LogP) is 2.39. The van der Waals surface area contributed by atoms with E-state index in [0.717, 1.165) is 15.0 Å². The average molecular weight is 418 g/mol. The summed E-state index contributed by atoms with van der Waals surface area (Å²) in [5.41, 5.74) is 1.18. The lowest BCUT2D eigenvalue weighted by Gasteiger charge is -2.14. The summed E-state index contributed by atoms with van der Waals surface area (Å²) in [6.07, 6.45) is 0. The van der Waals surface area contributed by atoms with Gasteiger partial charge in [-0.2, -0.15) is 0 Å². The number of carbonyl (C=O) groups excluding carboxylic acids is 1. The molecule has 0 saturated heterocycles. The molecule has 9 heteroatoms. The van der Waals surface area contributed by atoms with E-state index in [1.54, 1.807) is 12.1 Å². The number of benzene rings is 1. The number of thiazole rings is 1. The largest absolute Gasteiger partial charge is 0.346 e. The highest BCUT2D eigenvalue weighted by atomic mass is 79.9. The Morgan fingerprint density at radius 1 is 1.39 bits per heavy atom. The third-order valence-corrected chi connectivity index (χ3v) is 6.79. The summed E-state index contributed by atoms with van der Waals surface area (Å²) in [5.74, 6) is -0.347. The van der Waals surface area contributed by atoms with Crippen LogP contribution in [0.1, 0.15) is 21.1 Å². The maximum absolute atomic E-state index is 12.3. The average Bonchev–Trinajstić information content (AvgIpc) is 2.90. The fourth-order valence-electron chi connectivity index (χ4n) is 1.78. The normalized spacial score (nSPS) is 11.7. The SMILES string of the molecule is Cc1csc(CNC(=O)c2ccc(Br)c(S(=O)(=O)N(C)C)c2)n1. The number of amides is 1. The van der Waals surface area contributed by atoms with E-state index in [1.807, 2.05) is 12.3 Å². The van der Waals surface area contributed by atoms with Gasteiger partial charge in [-0.3, -0.25) is 4.79 Å². The molecule has 6 nitrogen and oxygen atoms in total. The monoisotopic (exact) mass is 417 g/mol. The van der Waals surface area contributed by atoms with Crippen molar-refractivity contribution in [2.75, 3.05) is 14.1 Å². The third-order valence-electron chi connectivity index (χ3n) is 3.02. The van der Waals surface area contributed by atoms with Crippen LogP contribution in [0.5, 0.6) is 0 Å². The van der Waals surface area contributed by atoms with Gasteiger partial charge in [-0.15, -0.1) is 11.3 Å². The Morgan fingerprint density at radius 2 is 2.09 bits per heavy atom. The van der Waals surface area contributed by atoms with Gasteiger partial charge in [0.15, 0.2) is 0 Å². The number of hydrogen-bond acceptors (Lipinski definition) is 5. The molecule has 1 N–H and O–H groups in total. The molecule has 1 aromatic heterocycles. The standard InChI is InChI=1S/C14H16BrN3O3S2/c1-9-8-22-13(17-9)7-16-14(19)10-4-5-11(15)12(6-10)23(20,21)18(2)3/h4-6,8H,7H2,1-3H3,(H,16,19). The van der Waals surface area contributed by atoms with E-state index >= 15 is 0 Å². The second-order valence-electron chi connectivity index (χ2n) is 5.00. The van der Waals surface area contributed by atoms with Crippen LogP contribution in [0, 0.1) is 6.92 Å². The molecule has 2 aromatic rings. The number of nitrogens with zero attached hydrogens (tertiary/aromatic N) is 2. The van der Waals surface area contributed by atoms with Crippen molar-refractivity contribution in [1.82, 2.24) is 14.6 Å². The summed E-state index contributed by atoms with van der Waals surface area (Å²) >= 11 is 4.68. The van der Waals surface area contributed by atoms with Crippen molar-refractivity contribution in [3.8, 4) is 0 Å². The van der Waals surface area contributed by atoms with Gasteiger partial charge in [0.25, 0.3) is 5.91 Å². The van der Waals surface area contributed by atoms with Crippen molar-refractivity contribution in [1.29, 1.82) is 0 Å². The van der Waals surface area contributed by atoms with Crippen LogP contribution >= 0.6 is 27.3 Å². The number of nitrogens with one attached hydrogen (secondary N) is 1. The molecule has 0 fully saturated rings. The molecule has 2 rings (SSSR count). The van der Waals surface area contributed by atoms with Gasteiger partial charge >= 0.3 is 0 Å². The molecule has 0 saturated carbocycles. The van der Waals surface area contributed by atoms with Crippen LogP contribution in [-0.2, 0) is 16.6 Å². The van der Waals surface area contributed by atoms with Crippen molar-refractivity contribution >= 4 is 43.2 Å². The van der Waals surface area contributed by atoms with Gasteiger partial charge in [-0.05, 0) is 41.1 Å². The van der Waals surface area contributed by atoms with E-state index in [0.29, 0.717) is 11.0 Å². The summed E-state index contributed by atoms with van der Waals surface area (Å²) in [5, 5.41) is 5.45. The topological polar surface area (TPSA) is 79.4 Å². The Morgan fingerprint density at radius 3 is 2.65 bits per heavy atom. The zero-order valence-corrected chi connectivity index (χ0v) is 16.0. The fraction of sp³-hybridized carbons (Fsp3) is 0.286. The molecule has 0 aliphatic rings. The van der Waals surface area contributed by atoms with E-state index in [9.17, 15) is 13.2 Å². The lowest BCUT2D eigenvalue weighted by Crippen LogP contribution is -2.25. The van der Waals surface area contributed by atoms with Gasteiger partial charge < -0.3 is 5.32 Å². The Bertz CT molecular complexity index is 832. The first-order valence-corrected chi connectivity index (χ1v) is 9.74. The van der Waals surface area contributed by atoms with Crippen LogP contribution in [0.2, 0.25) is 0 Å². The third kappa shape index (κ3) is 4.17. The van der Waals surface area contributed by atoms with Gasteiger partial charge in [0.05, 0.1) is 11.4 Å². The van der Waals surface area contributed by atoms with E-state index in [1.165, 1.54) is 31.5 Å². The van der Waals surface area contributed by atoms with Crippen molar-refractivity contribution in [3.63, 3.8) is 0 Å². The number of sulfonamides is 1. The molecule has 0 spiro atoms. The first-order valence-electron chi connectivity index (χ1n) is 6.63. The van der Waals surface area contributed by atoms with Gasteiger partial charge in [0.2, 0.25) is 10.0 Å².